The molecule has 1 fully saturated rings. The van der Waals surface area contributed by atoms with Gasteiger partial charge >= 0.3 is 5.97 Å². The largest absolute Gasteiger partial charge is 0.507 e. The van der Waals surface area contributed by atoms with Crippen LogP contribution in [0.5, 0.6) is 11.5 Å². The number of aromatic hydroxyl groups is 1. The van der Waals surface area contributed by atoms with E-state index in [1.807, 2.05) is 12.1 Å². The molecule has 2 heterocycles. The van der Waals surface area contributed by atoms with E-state index in [1.54, 1.807) is 38.1 Å². The van der Waals surface area contributed by atoms with Crippen LogP contribution in [-0.4, -0.2) is 41.5 Å². The van der Waals surface area contributed by atoms with Crippen molar-refractivity contribution < 1.29 is 24.2 Å². The molecular weight excluding hydrogens is 430 g/mol. The zero-order valence-electron chi connectivity index (χ0n) is 18.2. The van der Waals surface area contributed by atoms with Gasteiger partial charge in [0.25, 0.3) is 0 Å². The second kappa shape index (κ2) is 9.35. The molecule has 7 heteroatoms. The number of carbonyl (C=O) groups excluding carboxylic acids is 2. The van der Waals surface area contributed by atoms with E-state index in [0.29, 0.717) is 47.2 Å². The number of likely N-dealkylation sites (tertiary alicyclic amines) is 1. The molecular formula is C25H26ClNO5. The minimum atomic E-state index is -0.211. The van der Waals surface area contributed by atoms with Crippen LogP contribution in [0.25, 0.3) is 6.08 Å². The highest BCUT2D eigenvalue weighted by Gasteiger charge is 2.35. The normalized spacial score (nSPS) is 19.7. The Hall–Kier alpha value is -2.83. The summed E-state index contributed by atoms with van der Waals surface area (Å²) >= 11 is 5.95. The average Bonchev–Trinajstić information content (AvgIpc) is 3.09. The first kappa shape index (κ1) is 22.4. The van der Waals surface area contributed by atoms with Gasteiger partial charge in [-0.25, -0.2) is 0 Å². The molecule has 4 rings (SSSR count). The topological polar surface area (TPSA) is 76.1 Å². The molecule has 0 saturated carbocycles. The van der Waals surface area contributed by atoms with Crippen LogP contribution in [0, 0.1) is 12.8 Å². The molecule has 32 heavy (non-hydrogen) atoms. The lowest BCUT2D eigenvalue weighted by Gasteiger charge is -2.31. The number of benzene rings is 2. The van der Waals surface area contributed by atoms with Gasteiger partial charge in [-0.2, -0.15) is 0 Å². The fourth-order valence-electron chi connectivity index (χ4n) is 4.32. The van der Waals surface area contributed by atoms with E-state index in [1.165, 1.54) is 0 Å². The molecule has 1 saturated heterocycles. The number of hydrogen-bond donors (Lipinski definition) is 1. The van der Waals surface area contributed by atoms with Crippen LogP contribution in [0.1, 0.15) is 46.8 Å². The number of fused-ring (bicyclic) bond motifs is 1. The van der Waals surface area contributed by atoms with Gasteiger partial charge in [0.05, 0.1) is 23.7 Å². The van der Waals surface area contributed by atoms with Crippen molar-refractivity contribution in [3.8, 4) is 11.5 Å². The number of esters is 1. The van der Waals surface area contributed by atoms with E-state index in [9.17, 15) is 14.7 Å². The number of piperidine rings is 1. The lowest BCUT2D eigenvalue weighted by molar-refractivity contribution is -0.150. The van der Waals surface area contributed by atoms with Gasteiger partial charge in [-0.1, -0.05) is 23.7 Å². The molecule has 6 nitrogen and oxygen atoms in total. The van der Waals surface area contributed by atoms with Crippen LogP contribution < -0.4 is 4.74 Å². The Bertz CT molecular complexity index is 1080. The molecule has 0 aliphatic carbocycles. The van der Waals surface area contributed by atoms with Gasteiger partial charge < -0.3 is 14.6 Å². The molecule has 0 bridgehead atoms. The molecule has 2 aliphatic rings. The van der Waals surface area contributed by atoms with E-state index < -0.39 is 0 Å². The van der Waals surface area contributed by atoms with Crippen LogP contribution in [-0.2, 0) is 16.1 Å². The van der Waals surface area contributed by atoms with E-state index in [0.717, 1.165) is 24.9 Å². The predicted octanol–water partition coefficient (Wildman–Crippen LogP) is 4.75. The summed E-state index contributed by atoms with van der Waals surface area (Å²) in [5, 5.41) is 11.3. The summed E-state index contributed by atoms with van der Waals surface area (Å²) in [4.78, 5) is 27.4. The number of rotatable bonds is 5. The van der Waals surface area contributed by atoms with Crippen molar-refractivity contribution >= 4 is 29.4 Å². The van der Waals surface area contributed by atoms with Gasteiger partial charge in [-0.15, -0.1) is 0 Å². The Morgan fingerprint density at radius 2 is 2.09 bits per heavy atom. The molecule has 2 aromatic rings. The van der Waals surface area contributed by atoms with Gasteiger partial charge in [0.1, 0.15) is 11.5 Å². The molecule has 1 unspecified atom stereocenters. The number of hydrogen-bond acceptors (Lipinski definition) is 6. The SMILES string of the molecule is CCOC(=O)C1CCCN(Cc2c(O)cc(C)c3c2O/C(=C\c2ccc(Cl)cc2)C3=O)C1. The molecule has 0 amide bonds. The molecule has 1 N–H and O–H groups in total. The quantitative estimate of drug-likeness (QED) is 0.518. The number of halogens is 1. The number of aryl methyl sites for hydroxylation is 1. The van der Waals surface area contributed by atoms with Crippen LogP contribution in [0.2, 0.25) is 5.02 Å². The van der Waals surface area contributed by atoms with Crippen LogP contribution in [0.4, 0.5) is 0 Å². The maximum atomic E-state index is 13.1. The van der Waals surface area contributed by atoms with E-state index in [-0.39, 0.29) is 29.2 Å². The molecule has 0 spiro atoms. The Balaban J connectivity index is 1.61. The standard InChI is InChI=1S/C25H26ClNO5/c1-3-31-25(30)17-5-4-10-27(13-17)14-19-20(28)11-15(2)22-23(29)21(32-24(19)22)12-16-6-8-18(26)9-7-16/h6-9,11-12,17,28H,3-5,10,13-14H2,1-2H3/b21-12-. The monoisotopic (exact) mass is 455 g/mol. The first-order chi connectivity index (χ1) is 15.4. The van der Waals surface area contributed by atoms with E-state index in [2.05, 4.69) is 4.90 Å². The molecule has 0 aromatic heterocycles. The van der Waals surface area contributed by atoms with Crippen molar-refractivity contribution in [2.45, 2.75) is 33.2 Å². The first-order valence-corrected chi connectivity index (χ1v) is 11.2. The van der Waals surface area contributed by atoms with Crippen molar-refractivity contribution in [1.29, 1.82) is 0 Å². The summed E-state index contributed by atoms with van der Waals surface area (Å²) in [5.74, 6) is 0.102. The number of phenolic OH excluding ortho intramolecular Hbond substituents is 1. The van der Waals surface area contributed by atoms with Crippen molar-refractivity contribution in [1.82, 2.24) is 4.90 Å². The number of ketones is 1. The number of allylic oxidation sites excluding steroid dienone is 1. The summed E-state index contributed by atoms with van der Waals surface area (Å²) in [6.07, 6.45) is 3.33. The average molecular weight is 456 g/mol. The highest BCUT2D eigenvalue weighted by Crippen LogP contribution is 2.42. The number of nitrogens with zero attached hydrogens (tertiary/aromatic N) is 1. The van der Waals surface area contributed by atoms with E-state index >= 15 is 0 Å². The zero-order valence-corrected chi connectivity index (χ0v) is 18.9. The van der Waals surface area contributed by atoms with E-state index in [4.69, 9.17) is 21.1 Å². The van der Waals surface area contributed by atoms with Crippen molar-refractivity contribution in [2.24, 2.45) is 5.92 Å². The minimum absolute atomic E-state index is 0.0834. The summed E-state index contributed by atoms with van der Waals surface area (Å²) in [6, 6.07) is 8.72. The minimum Gasteiger partial charge on any atom is -0.507 e. The Kier molecular flexibility index (Phi) is 6.53. The Morgan fingerprint density at radius 1 is 1.34 bits per heavy atom. The summed E-state index contributed by atoms with van der Waals surface area (Å²) in [5.41, 5.74) is 2.48. The van der Waals surface area contributed by atoms with Gasteiger partial charge in [-0.3, -0.25) is 14.5 Å². The van der Waals surface area contributed by atoms with Crippen LogP contribution in [0.15, 0.2) is 36.1 Å². The summed E-state index contributed by atoms with van der Waals surface area (Å²) in [6.45, 7) is 5.66. The van der Waals surface area contributed by atoms with Crippen molar-refractivity contribution in [3.63, 3.8) is 0 Å². The number of ether oxygens (including phenoxy) is 2. The third kappa shape index (κ3) is 4.52. The first-order valence-electron chi connectivity index (χ1n) is 10.8. The van der Waals surface area contributed by atoms with Gasteiger partial charge in [0, 0.05) is 18.1 Å². The maximum Gasteiger partial charge on any atom is 0.310 e. The molecule has 0 radical (unpaired) electrons. The maximum absolute atomic E-state index is 13.1. The second-order valence-corrected chi connectivity index (χ2v) is 8.65. The van der Waals surface area contributed by atoms with Crippen molar-refractivity contribution in [2.75, 3.05) is 19.7 Å². The predicted molar refractivity (Wildman–Crippen MR) is 122 cm³/mol. The molecule has 2 aliphatic heterocycles. The zero-order chi connectivity index (χ0) is 22.8. The summed E-state index contributed by atoms with van der Waals surface area (Å²) in [7, 11) is 0. The number of Topliss-reactive ketones (excluding diaryl/α,β-unsaturated/α-hetero) is 1. The van der Waals surface area contributed by atoms with Crippen LogP contribution in [0.3, 0.4) is 0 Å². The number of phenols is 1. The molecule has 168 valence electrons. The smallest absolute Gasteiger partial charge is 0.310 e. The number of carbonyl (C=O) groups is 2. The van der Waals surface area contributed by atoms with Gasteiger partial charge in [-0.05, 0) is 68.6 Å². The summed E-state index contributed by atoms with van der Waals surface area (Å²) < 4.78 is 11.2. The fourth-order valence-corrected chi connectivity index (χ4v) is 4.44. The third-order valence-electron chi connectivity index (χ3n) is 5.90. The second-order valence-electron chi connectivity index (χ2n) is 8.21. The lowest BCUT2D eigenvalue weighted by atomic mass is 9.96. The molecule has 2 aromatic carbocycles. The highest BCUT2D eigenvalue weighted by molar-refractivity contribution is 6.30. The van der Waals surface area contributed by atoms with Crippen LogP contribution >= 0.6 is 11.6 Å². The highest BCUT2D eigenvalue weighted by atomic mass is 35.5. The van der Waals surface area contributed by atoms with Crippen molar-refractivity contribution in [3.05, 3.63) is 63.4 Å². The molecule has 1 atom stereocenters. The lowest BCUT2D eigenvalue weighted by Crippen LogP contribution is -2.39. The van der Waals surface area contributed by atoms with Gasteiger partial charge in [0.15, 0.2) is 5.76 Å². The van der Waals surface area contributed by atoms with Gasteiger partial charge in [0.2, 0.25) is 5.78 Å². The Morgan fingerprint density at radius 3 is 2.81 bits per heavy atom. The fraction of sp³-hybridized carbons (Fsp3) is 0.360. The third-order valence-corrected chi connectivity index (χ3v) is 6.15. The Labute approximate surface area is 192 Å².